The monoisotopic (exact) mass is 516 g/mol. The molecule has 0 unspecified atom stereocenters. The summed E-state index contributed by atoms with van der Waals surface area (Å²) >= 11 is 0. The third-order valence-corrected chi connectivity index (χ3v) is 8.45. The Bertz CT molecular complexity index is 1520. The van der Waals surface area contributed by atoms with E-state index in [4.69, 9.17) is 9.84 Å². The molecule has 8 nitrogen and oxygen atoms in total. The van der Waals surface area contributed by atoms with Crippen molar-refractivity contribution in [2.75, 3.05) is 18.6 Å². The number of nitrogens with zero attached hydrogens (tertiary/aromatic N) is 4. The zero-order valence-electron chi connectivity index (χ0n) is 20.7. The first-order valence-electron chi connectivity index (χ1n) is 12.0. The molecule has 1 amide bonds. The molecule has 4 aromatic rings. The number of ether oxygens (including phenoxy) is 1. The van der Waals surface area contributed by atoms with Crippen molar-refractivity contribution in [1.82, 2.24) is 14.1 Å². The summed E-state index contributed by atoms with van der Waals surface area (Å²) < 4.78 is 35.5. The van der Waals surface area contributed by atoms with Crippen LogP contribution in [-0.4, -0.2) is 42.1 Å². The van der Waals surface area contributed by atoms with Crippen molar-refractivity contribution in [1.29, 1.82) is 0 Å². The Kier molecular flexibility index (Phi) is 6.82. The van der Waals surface area contributed by atoms with Gasteiger partial charge in [0.2, 0.25) is 10.0 Å². The van der Waals surface area contributed by atoms with Gasteiger partial charge in [-0.3, -0.25) is 9.48 Å². The van der Waals surface area contributed by atoms with E-state index >= 15 is 0 Å². The molecule has 3 aromatic carbocycles. The number of aryl methyl sites for hydroxylation is 1. The van der Waals surface area contributed by atoms with Crippen molar-refractivity contribution in [3.05, 3.63) is 107 Å². The molecule has 0 atom stereocenters. The van der Waals surface area contributed by atoms with Crippen molar-refractivity contribution in [3.63, 3.8) is 0 Å². The summed E-state index contributed by atoms with van der Waals surface area (Å²) in [4.78, 5) is 15.4. The van der Waals surface area contributed by atoms with Crippen molar-refractivity contribution in [3.8, 4) is 5.75 Å². The Morgan fingerprint density at radius 2 is 1.70 bits per heavy atom. The lowest BCUT2D eigenvalue weighted by Gasteiger charge is -2.28. The highest BCUT2D eigenvalue weighted by Gasteiger charge is 2.33. The number of fused-ring (bicyclic) bond motifs is 1. The summed E-state index contributed by atoms with van der Waals surface area (Å²) in [6, 6.07) is 25.0. The molecule has 0 aliphatic carbocycles. The number of carbonyl (C=O) groups is 1. The molecule has 0 spiro atoms. The Balaban J connectivity index is 1.49. The minimum absolute atomic E-state index is 0.150. The fourth-order valence-corrected chi connectivity index (χ4v) is 6.11. The van der Waals surface area contributed by atoms with Crippen LogP contribution in [0.25, 0.3) is 0 Å². The third kappa shape index (κ3) is 4.87. The van der Waals surface area contributed by atoms with Crippen molar-refractivity contribution < 1.29 is 17.9 Å². The van der Waals surface area contributed by atoms with Gasteiger partial charge in [0.15, 0.2) is 0 Å². The minimum atomic E-state index is -3.75. The zero-order valence-corrected chi connectivity index (χ0v) is 21.6. The van der Waals surface area contributed by atoms with E-state index in [-0.39, 0.29) is 23.9 Å². The summed E-state index contributed by atoms with van der Waals surface area (Å²) in [5, 5.41) is 4.73. The van der Waals surface area contributed by atoms with E-state index in [1.165, 1.54) is 17.5 Å². The summed E-state index contributed by atoms with van der Waals surface area (Å²) in [5.41, 5.74) is 3.80. The molecule has 1 aliphatic rings. The first-order valence-corrected chi connectivity index (χ1v) is 13.4. The van der Waals surface area contributed by atoms with E-state index in [9.17, 15) is 13.2 Å². The van der Waals surface area contributed by atoms with Crippen LogP contribution in [0, 0.1) is 0 Å². The second-order valence-corrected chi connectivity index (χ2v) is 10.8. The van der Waals surface area contributed by atoms with Crippen LogP contribution in [0.3, 0.4) is 0 Å². The molecule has 0 saturated heterocycles. The number of amides is 1. The molecule has 0 radical (unpaired) electrons. The molecule has 37 heavy (non-hydrogen) atoms. The van der Waals surface area contributed by atoms with E-state index < -0.39 is 10.0 Å². The van der Waals surface area contributed by atoms with Gasteiger partial charge in [-0.1, -0.05) is 42.5 Å². The average molecular weight is 517 g/mol. The van der Waals surface area contributed by atoms with Crippen LogP contribution in [0.4, 0.5) is 5.69 Å². The number of carbonyl (C=O) groups excluding carboxylic acids is 1. The molecule has 1 aromatic heterocycles. The number of para-hydroxylation sites is 1. The van der Waals surface area contributed by atoms with Gasteiger partial charge >= 0.3 is 0 Å². The number of anilines is 1. The third-order valence-electron chi connectivity index (χ3n) is 6.61. The SMILES string of the molecule is COc1cccc(S(=O)(=O)N2CCc3c(c(CN(C(=O)c4ccccc4)c4ccccc4)nn3C)C2)c1. The van der Waals surface area contributed by atoms with E-state index in [1.807, 2.05) is 55.6 Å². The van der Waals surface area contributed by atoms with E-state index in [0.29, 0.717) is 30.0 Å². The van der Waals surface area contributed by atoms with Gasteiger partial charge in [0.1, 0.15) is 5.75 Å². The smallest absolute Gasteiger partial charge is 0.258 e. The maximum atomic E-state index is 13.6. The van der Waals surface area contributed by atoms with Gasteiger partial charge in [0, 0.05) is 55.1 Å². The molecule has 0 saturated carbocycles. The predicted molar refractivity (Wildman–Crippen MR) is 141 cm³/mol. The maximum absolute atomic E-state index is 13.6. The highest BCUT2D eigenvalue weighted by atomic mass is 32.2. The molecule has 1 aliphatic heterocycles. The van der Waals surface area contributed by atoms with Crippen molar-refractivity contribution in [2.45, 2.75) is 24.4 Å². The predicted octanol–water partition coefficient (Wildman–Crippen LogP) is 4.02. The summed E-state index contributed by atoms with van der Waals surface area (Å²) in [6.07, 6.45) is 0.528. The molecule has 2 heterocycles. The first kappa shape index (κ1) is 24.7. The number of sulfonamides is 1. The number of hydrogen-bond acceptors (Lipinski definition) is 5. The standard InChI is InChI=1S/C28H28N4O4S/c1-30-27-16-17-31(37(34,35)24-15-9-14-23(18-24)36-2)19-25(27)26(29-30)20-32(22-12-7-4-8-13-22)28(33)21-10-5-3-6-11-21/h3-15,18H,16-17,19-20H2,1-2H3. The Morgan fingerprint density at radius 1 is 1.00 bits per heavy atom. The maximum Gasteiger partial charge on any atom is 0.258 e. The van der Waals surface area contributed by atoms with Gasteiger partial charge in [0.25, 0.3) is 5.91 Å². The van der Waals surface area contributed by atoms with Crippen LogP contribution in [0.1, 0.15) is 27.3 Å². The quantitative estimate of drug-likeness (QED) is 0.370. The van der Waals surface area contributed by atoms with Gasteiger partial charge in [-0.05, 0) is 36.4 Å². The lowest BCUT2D eigenvalue weighted by Crippen LogP contribution is -2.37. The topological polar surface area (TPSA) is 84.7 Å². The molecule has 5 rings (SSSR count). The van der Waals surface area contributed by atoms with Gasteiger partial charge in [0.05, 0.1) is 24.2 Å². The molecular formula is C28H28N4O4S. The summed E-state index contributed by atoms with van der Waals surface area (Å²) in [6.45, 7) is 0.741. The van der Waals surface area contributed by atoms with Crippen LogP contribution in [0.5, 0.6) is 5.75 Å². The van der Waals surface area contributed by atoms with Gasteiger partial charge in [-0.2, -0.15) is 9.40 Å². The molecule has 9 heteroatoms. The van der Waals surface area contributed by atoms with Gasteiger partial charge in [-0.25, -0.2) is 8.42 Å². The summed E-state index contributed by atoms with van der Waals surface area (Å²) in [5.74, 6) is 0.335. The van der Waals surface area contributed by atoms with Crippen LogP contribution in [0.15, 0.2) is 89.8 Å². The number of rotatable bonds is 7. The minimum Gasteiger partial charge on any atom is -0.497 e. The van der Waals surface area contributed by atoms with Crippen LogP contribution in [0.2, 0.25) is 0 Å². The number of hydrogen-bond donors (Lipinski definition) is 0. The second kappa shape index (κ2) is 10.2. The van der Waals surface area contributed by atoms with Crippen LogP contribution in [-0.2, 0) is 36.6 Å². The molecule has 0 bridgehead atoms. The van der Waals surface area contributed by atoms with E-state index in [1.54, 1.807) is 39.9 Å². The Hall–Kier alpha value is -3.95. The first-order chi connectivity index (χ1) is 17.9. The van der Waals surface area contributed by atoms with Crippen molar-refractivity contribution in [2.24, 2.45) is 7.05 Å². The van der Waals surface area contributed by atoms with E-state index in [2.05, 4.69) is 0 Å². The fourth-order valence-electron chi connectivity index (χ4n) is 4.66. The van der Waals surface area contributed by atoms with Crippen LogP contribution >= 0.6 is 0 Å². The second-order valence-electron chi connectivity index (χ2n) is 8.86. The molecular weight excluding hydrogens is 488 g/mol. The summed E-state index contributed by atoms with van der Waals surface area (Å²) in [7, 11) is -0.378. The highest BCUT2D eigenvalue weighted by Crippen LogP contribution is 2.30. The molecule has 0 fully saturated rings. The highest BCUT2D eigenvalue weighted by molar-refractivity contribution is 7.89. The Labute approximate surface area is 216 Å². The largest absolute Gasteiger partial charge is 0.497 e. The number of methoxy groups -OCH3 is 1. The van der Waals surface area contributed by atoms with E-state index in [0.717, 1.165) is 16.9 Å². The Morgan fingerprint density at radius 3 is 2.41 bits per heavy atom. The van der Waals surface area contributed by atoms with Crippen molar-refractivity contribution >= 4 is 21.6 Å². The van der Waals surface area contributed by atoms with Gasteiger partial charge in [-0.15, -0.1) is 0 Å². The lowest BCUT2D eigenvalue weighted by atomic mass is 10.1. The average Bonchev–Trinajstić information content (AvgIpc) is 3.26. The van der Waals surface area contributed by atoms with Crippen LogP contribution < -0.4 is 9.64 Å². The molecule has 190 valence electrons. The fraction of sp³-hybridized carbons (Fsp3) is 0.214. The zero-order chi connectivity index (χ0) is 26.0. The normalized spacial score (nSPS) is 13.7. The number of benzene rings is 3. The lowest BCUT2D eigenvalue weighted by molar-refractivity contribution is 0.0984. The van der Waals surface area contributed by atoms with Gasteiger partial charge < -0.3 is 9.64 Å². The number of aromatic nitrogens is 2. The molecule has 0 N–H and O–H groups in total.